The first kappa shape index (κ1) is 22.3. The number of halogens is 1. The van der Waals surface area contributed by atoms with E-state index in [1.807, 2.05) is 6.08 Å². The van der Waals surface area contributed by atoms with Gasteiger partial charge in [0, 0.05) is 0 Å². The van der Waals surface area contributed by atoms with Crippen LogP contribution in [0.5, 0.6) is 0 Å². The molecule has 1 N–H and O–H groups in total. The first-order valence-corrected chi connectivity index (χ1v) is 12.8. The van der Waals surface area contributed by atoms with Crippen LogP contribution < -0.4 is 0 Å². The second-order valence-corrected chi connectivity index (χ2v) is 12.2. The van der Waals surface area contributed by atoms with Gasteiger partial charge >= 0.3 is 0 Å². The minimum Gasteiger partial charge on any atom is -0.411 e. The predicted octanol–water partition coefficient (Wildman–Crippen LogP) is 7.81. The molecule has 0 aliphatic heterocycles. The van der Waals surface area contributed by atoms with Gasteiger partial charge in [0.15, 0.2) is 0 Å². The Labute approximate surface area is 183 Å². The maximum atomic E-state index is 15.5. The summed E-state index contributed by atoms with van der Waals surface area (Å²) in [6.07, 6.45) is 12.7. The number of alkyl halides is 1. The molecule has 170 valence electrons. The van der Waals surface area contributed by atoms with Gasteiger partial charge < -0.3 is 5.21 Å². The van der Waals surface area contributed by atoms with E-state index in [9.17, 15) is 5.21 Å². The quantitative estimate of drug-likeness (QED) is 0.359. The number of nitrogens with zero attached hydrogens (tertiary/aromatic N) is 1. The first-order chi connectivity index (χ1) is 14.2. The van der Waals surface area contributed by atoms with E-state index in [4.69, 9.17) is 0 Å². The third kappa shape index (κ3) is 3.56. The topological polar surface area (TPSA) is 32.6 Å². The van der Waals surface area contributed by atoms with Crippen molar-refractivity contribution in [2.24, 2.45) is 51.5 Å². The van der Waals surface area contributed by atoms with Crippen LogP contribution in [0.2, 0.25) is 0 Å². The fraction of sp³-hybridized carbons (Fsp3) is 0.889. The van der Waals surface area contributed by atoms with Crippen molar-refractivity contribution in [3.8, 4) is 0 Å². The fourth-order valence-electron chi connectivity index (χ4n) is 8.67. The van der Waals surface area contributed by atoms with Crippen LogP contribution in [0.1, 0.15) is 98.8 Å². The lowest BCUT2D eigenvalue weighted by atomic mass is 9.46. The summed E-state index contributed by atoms with van der Waals surface area (Å²) in [6, 6.07) is 0. The summed E-state index contributed by atoms with van der Waals surface area (Å²) in [5.74, 6) is 4.24. The molecule has 4 aliphatic rings. The molecule has 0 spiro atoms. The van der Waals surface area contributed by atoms with E-state index in [0.717, 1.165) is 36.2 Å². The molecule has 3 saturated carbocycles. The molecule has 4 rings (SSSR count). The van der Waals surface area contributed by atoms with Gasteiger partial charge in [0.05, 0.1) is 5.71 Å². The number of hydrogen-bond acceptors (Lipinski definition) is 2. The molecule has 30 heavy (non-hydrogen) atoms. The highest BCUT2D eigenvalue weighted by atomic mass is 19.1. The molecule has 0 amide bonds. The van der Waals surface area contributed by atoms with Crippen LogP contribution in [0.25, 0.3) is 0 Å². The molecule has 3 heteroatoms. The molecule has 3 unspecified atom stereocenters. The summed E-state index contributed by atoms with van der Waals surface area (Å²) in [7, 11) is 0. The summed E-state index contributed by atoms with van der Waals surface area (Å²) in [5.41, 5.74) is 1.96. The summed E-state index contributed by atoms with van der Waals surface area (Å²) in [4.78, 5) is 0. The van der Waals surface area contributed by atoms with Crippen LogP contribution in [0.4, 0.5) is 4.39 Å². The van der Waals surface area contributed by atoms with E-state index in [2.05, 4.69) is 39.8 Å². The van der Waals surface area contributed by atoms with E-state index >= 15 is 4.39 Å². The summed E-state index contributed by atoms with van der Waals surface area (Å²) >= 11 is 0. The van der Waals surface area contributed by atoms with Crippen LogP contribution in [0.15, 0.2) is 16.8 Å². The summed E-state index contributed by atoms with van der Waals surface area (Å²) in [6.45, 7) is 12.1. The summed E-state index contributed by atoms with van der Waals surface area (Å²) < 4.78 is 15.5. The normalized spacial score (nSPS) is 45.6. The highest BCUT2D eigenvalue weighted by Crippen LogP contribution is 2.68. The Morgan fingerprint density at radius 2 is 1.87 bits per heavy atom. The van der Waals surface area contributed by atoms with Crippen LogP contribution in [-0.4, -0.2) is 17.1 Å². The third-order valence-electron chi connectivity index (χ3n) is 10.3. The zero-order valence-electron chi connectivity index (χ0n) is 20.0. The Morgan fingerprint density at radius 1 is 1.10 bits per heavy atom. The van der Waals surface area contributed by atoms with Crippen molar-refractivity contribution in [2.45, 2.75) is 105 Å². The lowest BCUT2D eigenvalue weighted by Gasteiger charge is -2.59. The average molecular weight is 418 g/mol. The van der Waals surface area contributed by atoms with E-state index in [-0.39, 0.29) is 5.41 Å². The van der Waals surface area contributed by atoms with Crippen molar-refractivity contribution in [3.05, 3.63) is 11.6 Å². The van der Waals surface area contributed by atoms with Gasteiger partial charge in [0.1, 0.15) is 6.17 Å². The Kier molecular flexibility index (Phi) is 6.14. The molecule has 0 aromatic rings. The van der Waals surface area contributed by atoms with E-state index < -0.39 is 6.17 Å². The van der Waals surface area contributed by atoms with Crippen LogP contribution >= 0.6 is 0 Å². The van der Waals surface area contributed by atoms with Gasteiger partial charge in [-0.1, -0.05) is 59.0 Å². The Balaban J connectivity index is 1.53. The van der Waals surface area contributed by atoms with E-state index in [1.54, 1.807) is 0 Å². The summed E-state index contributed by atoms with van der Waals surface area (Å²) in [5, 5.41) is 12.6. The van der Waals surface area contributed by atoms with E-state index in [1.165, 1.54) is 44.9 Å². The average Bonchev–Trinajstić information content (AvgIpc) is 3.05. The lowest BCUT2D eigenvalue weighted by molar-refractivity contribution is -0.0712. The van der Waals surface area contributed by atoms with Crippen LogP contribution in [0.3, 0.4) is 0 Å². The Hall–Kier alpha value is -0.860. The maximum Gasteiger partial charge on any atom is 0.122 e. The van der Waals surface area contributed by atoms with E-state index in [0.29, 0.717) is 35.3 Å². The molecule has 0 aromatic carbocycles. The molecule has 8 atom stereocenters. The number of fused-ring (bicyclic) bond motifs is 5. The molecule has 2 nitrogen and oxygen atoms in total. The third-order valence-corrected chi connectivity index (χ3v) is 10.3. The maximum absolute atomic E-state index is 15.5. The van der Waals surface area contributed by atoms with Gasteiger partial charge in [-0.25, -0.2) is 4.39 Å². The SMILES string of the molecule is CC(C)CCC[C@@H](C)[C@H]1CCC2C3C[C@@H](F)C4=C/C(=N/O)CC[C@]4(C)C3CC[C@@]21C. The Bertz CT molecular complexity index is 699. The van der Waals surface area contributed by atoms with Crippen molar-refractivity contribution in [2.75, 3.05) is 0 Å². The number of oxime groups is 1. The molecule has 0 aromatic heterocycles. The zero-order chi connectivity index (χ0) is 21.7. The predicted molar refractivity (Wildman–Crippen MR) is 123 cm³/mol. The zero-order valence-corrected chi connectivity index (χ0v) is 20.0. The van der Waals surface area contributed by atoms with Gasteiger partial charge in [-0.3, -0.25) is 0 Å². The molecule has 0 heterocycles. The highest BCUT2D eigenvalue weighted by Gasteiger charge is 2.61. The highest BCUT2D eigenvalue weighted by molar-refractivity contribution is 5.96. The number of allylic oxidation sites excluding steroid dienone is 2. The molecular formula is C27H44FNO. The lowest BCUT2D eigenvalue weighted by Crippen LogP contribution is -2.53. The number of hydrogen-bond donors (Lipinski definition) is 1. The smallest absolute Gasteiger partial charge is 0.122 e. The van der Waals surface area contributed by atoms with Crippen molar-refractivity contribution in [1.29, 1.82) is 0 Å². The van der Waals surface area contributed by atoms with Crippen LogP contribution in [0, 0.1) is 46.3 Å². The molecule has 4 aliphatic carbocycles. The standard InChI is InChI=1S/C27H44FNO/c1-17(2)7-6-8-18(3)21-9-10-22-20-16-25(28)24-15-19(29-30)11-13-27(24,5)23(20)12-14-26(21,22)4/h15,17-18,20-23,25,30H,6-14,16H2,1-5H3/b29-19+/t18-,20?,21-,22?,23?,25-,26-,27-/m1/s1. The van der Waals surface area contributed by atoms with Gasteiger partial charge in [-0.15, -0.1) is 0 Å². The van der Waals surface area contributed by atoms with Gasteiger partial charge in [-0.05, 0) is 103 Å². The molecule has 3 fully saturated rings. The second-order valence-electron chi connectivity index (χ2n) is 12.2. The minimum atomic E-state index is -0.863. The van der Waals surface area contributed by atoms with Gasteiger partial charge in [0.2, 0.25) is 0 Å². The molecule has 0 saturated heterocycles. The largest absolute Gasteiger partial charge is 0.411 e. The number of rotatable bonds is 5. The van der Waals surface area contributed by atoms with Crippen molar-refractivity contribution in [1.82, 2.24) is 0 Å². The minimum absolute atomic E-state index is 0.0428. The van der Waals surface area contributed by atoms with Crippen molar-refractivity contribution in [3.63, 3.8) is 0 Å². The molecule has 0 bridgehead atoms. The first-order valence-electron chi connectivity index (χ1n) is 12.8. The molecule has 0 radical (unpaired) electrons. The second kappa shape index (κ2) is 8.24. The van der Waals surface area contributed by atoms with Crippen LogP contribution in [-0.2, 0) is 0 Å². The van der Waals surface area contributed by atoms with Gasteiger partial charge in [-0.2, -0.15) is 0 Å². The molecular weight excluding hydrogens is 373 g/mol. The van der Waals surface area contributed by atoms with Crippen molar-refractivity contribution < 1.29 is 9.60 Å². The monoisotopic (exact) mass is 417 g/mol. The van der Waals surface area contributed by atoms with Crippen molar-refractivity contribution >= 4 is 5.71 Å². The Morgan fingerprint density at radius 3 is 2.57 bits per heavy atom. The van der Waals surface area contributed by atoms with Gasteiger partial charge in [0.25, 0.3) is 0 Å². The fourth-order valence-corrected chi connectivity index (χ4v) is 8.67.